The molecule has 98 valence electrons. The minimum atomic E-state index is -1.13. The fourth-order valence-electron chi connectivity index (χ4n) is 3.93. The zero-order chi connectivity index (χ0) is 12.5. The molecule has 0 aromatic carbocycles. The number of hydrogen-bond donors (Lipinski definition) is 2. The quantitative estimate of drug-likeness (QED) is 0.779. The predicted octanol–water partition coefficient (Wildman–Crippen LogP) is 2.34. The molecule has 2 aliphatic carbocycles. The number of fused-ring (bicyclic) bond motifs is 2. The molecule has 0 radical (unpaired) electrons. The van der Waals surface area contributed by atoms with Gasteiger partial charge in [0.25, 0.3) is 0 Å². The van der Waals surface area contributed by atoms with Gasteiger partial charge in [0.1, 0.15) is 5.67 Å². The lowest BCUT2D eigenvalue weighted by atomic mass is 9.72. The van der Waals surface area contributed by atoms with Crippen molar-refractivity contribution in [2.45, 2.75) is 50.6 Å². The second-order valence-corrected chi connectivity index (χ2v) is 5.71. The van der Waals surface area contributed by atoms with Gasteiger partial charge in [0, 0.05) is 6.42 Å². The van der Waals surface area contributed by atoms with Gasteiger partial charge in [0.05, 0.1) is 0 Å². The average Bonchev–Trinajstić information content (AvgIpc) is 2.51. The van der Waals surface area contributed by atoms with Gasteiger partial charge in [-0.3, -0.25) is 4.79 Å². The molecule has 2 saturated carbocycles. The van der Waals surface area contributed by atoms with E-state index in [4.69, 9.17) is 10.8 Å². The Bertz CT molecular complexity index is 297. The number of carboxylic acid groups (broad SMARTS) is 1. The van der Waals surface area contributed by atoms with Crippen LogP contribution in [0.2, 0.25) is 0 Å². The molecule has 0 aromatic heterocycles. The Hall–Kier alpha value is -0.640. The van der Waals surface area contributed by atoms with Gasteiger partial charge in [-0.05, 0) is 62.8 Å². The first-order chi connectivity index (χ1) is 8.06. The molecule has 0 spiro atoms. The molecule has 0 saturated heterocycles. The number of nitrogens with two attached hydrogens (primary N) is 1. The van der Waals surface area contributed by atoms with Crippen LogP contribution < -0.4 is 5.73 Å². The van der Waals surface area contributed by atoms with Crippen LogP contribution in [0.25, 0.3) is 0 Å². The van der Waals surface area contributed by atoms with Gasteiger partial charge in [-0.25, -0.2) is 4.39 Å². The number of rotatable bonds is 5. The Labute approximate surface area is 102 Å². The Morgan fingerprint density at radius 1 is 1.35 bits per heavy atom. The molecule has 2 aliphatic rings. The monoisotopic (exact) mass is 243 g/mol. The van der Waals surface area contributed by atoms with Crippen molar-refractivity contribution in [3.05, 3.63) is 0 Å². The fraction of sp³-hybridized carbons (Fsp3) is 0.923. The van der Waals surface area contributed by atoms with E-state index < -0.39 is 11.6 Å². The molecule has 2 bridgehead atoms. The van der Waals surface area contributed by atoms with E-state index in [-0.39, 0.29) is 18.3 Å². The maximum Gasteiger partial charge on any atom is 0.303 e. The van der Waals surface area contributed by atoms with E-state index >= 15 is 4.39 Å². The summed E-state index contributed by atoms with van der Waals surface area (Å²) in [5.41, 5.74) is 4.43. The molecule has 17 heavy (non-hydrogen) atoms. The highest BCUT2D eigenvalue weighted by Crippen LogP contribution is 2.56. The second-order valence-electron chi connectivity index (χ2n) is 5.71. The van der Waals surface area contributed by atoms with Crippen molar-refractivity contribution < 1.29 is 14.3 Å². The van der Waals surface area contributed by atoms with E-state index in [1.54, 1.807) is 0 Å². The van der Waals surface area contributed by atoms with Crippen molar-refractivity contribution in [2.75, 3.05) is 6.54 Å². The van der Waals surface area contributed by atoms with E-state index in [1.165, 1.54) is 0 Å². The van der Waals surface area contributed by atoms with Gasteiger partial charge in [-0.2, -0.15) is 0 Å². The summed E-state index contributed by atoms with van der Waals surface area (Å²) >= 11 is 0. The molecular formula is C13H22FNO2. The van der Waals surface area contributed by atoms with Gasteiger partial charge in [0.15, 0.2) is 0 Å². The first-order valence-corrected chi connectivity index (χ1v) is 6.67. The lowest BCUT2D eigenvalue weighted by Crippen LogP contribution is -2.40. The second kappa shape index (κ2) is 4.92. The van der Waals surface area contributed by atoms with Crippen LogP contribution in [-0.2, 0) is 4.79 Å². The summed E-state index contributed by atoms with van der Waals surface area (Å²) in [6.45, 7) is 0.536. The van der Waals surface area contributed by atoms with Crippen LogP contribution in [-0.4, -0.2) is 23.3 Å². The average molecular weight is 243 g/mol. The number of hydrogen-bond acceptors (Lipinski definition) is 2. The molecule has 0 amide bonds. The third-order valence-corrected chi connectivity index (χ3v) is 4.72. The van der Waals surface area contributed by atoms with Crippen LogP contribution in [0.5, 0.6) is 0 Å². The van der Waals surface area contributed by atoms with E-state index in [0.717, 1.165) is 25.7 Å². The van der Waals surface area contributed by atoms with Gasteiger partial charge >= 0.3 is 5.97 Å². The predicted molar refractivity (Wildman–Crippen MR) is 63.3 cm³/mol. The van der Waals surface area contributed by atoms with Crippen molar-refractivity contribution in [1.29, 1.82) is 0 Å². The Morgan fingerprint density at radius 2 is 2.12 bits per heavy atom. The van der Waals surface area contributed by atoms with Gasteiger partial charge in [-0.1, -0.05) is 0 Å². The highest BCUT2D eigenvalue weighted by Gasteiger charge is 2.54. The lowest BCUT2D eigenvalue weighted by Gasteiger charge is -2.37. The molecule has 2 fully saturated rings. The van der Waals surface area contributed by atoms with Crippen molar-refractivity contribution in [2.24, 2.45) is 23.5 Å². The zero-order valence-electron chi connectivity index (χ0n) is 10.2. The standard InChI is InChI=1S/C13H22FNO2/c14-13-8-9(7-11(13)5-6-15)1-2-10(13)3-4-12(16)17/h9-11H,1-8,15H2,(H,16,17)/t9-,10+,11+,13+/m0/s1. The molecule has 2 rings (SSSR count). The molecule has 0 heterocycles. The van der Waals surface area contributed by atoms with Crippen LogP contribution in [0.15, 0.2) is 0 Å². The van der Waals surface area contributed by atoms with Gasteiger partial charge in [-0.15, -0.1) is 0 Å². The number of halogens is 1. The smallest absolute Gasteiger partial charge is 0.303 e. The van der Waals surface area contributed by atoms with E-state index in [0.29, 0.717) is 25.3 Å². The first-order valence-electron chi connectivity index (χ1n) is 6.67. The number of alkyl halides is 1. The summed E-state index contributed by atoms with van der Waals surface area (Å²) in [4.78, 5) is 10.6. The first kappa shape index (κ1) is 12.8. The van der Waals surface area contributed by atoms with Crippen molar-refractivity contribution in [3.8, 4) is 0 Å². The summed E-state index contributed by atoms with van der Waals surface area (Å²) in [5, 5.41) is 8.72. The molecule has 0 unspecified atom stereocenters. The minimum Gasteiger partial charge on any atom is -0.481 e. The maximum atomic E-state index is 15.1. The van der Waals surface area contributed by atoms with Crippen LogP contribution in [0.1, 0.15) is 44.9 Å². The third kappa shape index (κ3) is 2.46. The molecule has 3 nitrogen and oxygen atoms in total. The summed E-state index contributed by atoms with van der Waals surface area (Å²) in [6, 6.07) is 0. The fourth-order valence-corrected chi connectivity index (χ4v) is 3.93. The summed E-state index contributed by atoms with van der Waals surface area (Å²) in [5.74, 6) is -0.297. The van der Waals surface area contributed by atoms with Crippen molar-refractivity contribution in [3.63, 3.8) is 0 Å². The van der Waals surface area contributed by atoms with Crippen molar-refractivity contribution >= 4 is 5.97 Å². The molecule has 4 atom stereocenters. The summed E-state index contributed by atoms with van der Waals surface area (Å²) in [6.07, 6.45) is 4.85. The topological polar surface area (TPSA) is 63.3 Å². The minimum absolute atomic E-state index is 0.0612. The molecule has 3 N–H and O–H groups in total. The summed E-state index contributed by atoms with van der Waals surface area (Å²) < 4.78 is 15.1. The molecule has 4 heteroatoms. The Morgan fingerprint density at radius 3 is 2.76 bits per heavy atom. The highest BCUT2D eigenvalue weighted by atomic mass is 19.1. The third-order valence-electron chi connectivity index (χ3n) is 4.72. The lowest BCUT2D eigenvalue weighted by molar-refractivity contribution is -0.137. The van der Waals surface area contributed by atoms with Crippen LogP contribution in [0, 0.1) is 17.8 Å². The molecular weight excluding hydrogens is 221 g/mol. The molecule has 0 aromatic rings. The number of carbonyl (C=O) groups is 1. The van der Waals surface area contributed by atoms with Crippen LogP contribution in [0.3, 0.4) is 0 Å². The van der Waals surface area contributed by atoms with Gasteiger partial charge < -0.3 is 10.8 Å². The Balaban J connectivity index is 2.03. The highest BCUT2D eigenvalue weighted by molar-refractivity contribution is 5.66. The van der Waals surface area contributed by atoms with E-state index in [2.05, 4.69) is 0 Å². The van der Waals surface area contributed by atoms with E-state index in [1.807, 2.05) is 0 Å². The summed E-state index contributed by atoms with van der Waals surface area (Å²) in [7, 11) is 0. The maximum absolute atomic E-state index is 15.1. The van der Waals surface area contributed by atoms with Crippen LogP contribution in [0.4, 0.5) is 4.39 Å². The van der Waals surface area contributed by atoms with Crippen molar-refractivity contribution in [1.82, 2.24) is 0 Å². The normalized spacial score (nSPS) is 40.5. The molecule has 0 aliphatic heterocycles. The zero-order valence-corrected chi connectivity index (χ0v) is 10.2. The van der Waals surface area contributed by atoms with Gasteiger partial charge in [0.2, 0.25) is 0 Å². The van der Waals surface area contributed by atoms with E-state index in [9.17, 15) is 4.79 Å². The number of aliphatic carboxylic acids is 1. The Kier molecular flexibility index (Phi) is 3.71. The van der Waals surface area contributed by atoms with Crippen LogP contribution >= 0.6 is 0 Å². The largest absolute Gasteiger partial charge is 0.481 e. The number of carboxylic acids is 1. The SMILES string of the molecule is NCC[C@@H]1C[C@@H]2CC[C@H](CCC(=O)O)[C@]1(F)C2.